The molecule has 0 N–H and O–H groups in total. The molecule has 1 atom stereocenters. The van der Waals surface area contributed by atoms with Gasteiger partial charge in [-0.1, -0.05) is 34.6 Å². The van der Waals surface area contributed by atoms with Crippen LogP contribution in [-0.2, 0) is 7.05 Å². The number of hydrogen-bond acceptors (Lipinski definition) is 0. The number of imidazole rings is 1. The van der Waals surface area contributed by atoms with E-state index in [1.807, 2.05) is 0 Å². The highest BCUT2D eigenvalue weighted by Gasteiger charge is 2.30. The van der Waals surface area contributed by atoms with Crippen molar-refractivity contribution >= 4 is 0 Å². The fourth-order valence-corrected chi connectivity index (χ4v) is 2.02. The summed E-state index contributed by atoms with van der Waals surface area (Å²) in [6.45, 7) is 11.5. The van der Waals surface area contributed by atoms with Crippen LogP contribution in [0.1, 0.15) is 47.1 Å². The second-order valence-electron chi connectivity index (χ2n) is 6.04. The standard InChI is InChI=1S/C13H25N2/c1-11(2)9-12(13(3,4)5)15-8-7-14(6)10-15/h7-8,10-12H,9H2,1-6H3/q+1. The molecule has 1 heterocycles. The minimum Gasteiger partial charge on any atom is -0.240 e. The lowest BCUT2D eigenvalue weighted by Gasteiger charge is -2.29. The maximum absolute atomic E-state index is 2.35. The van der Waals surface area contributed by atoms with Crippen molar-refractivity contribution in [2.45, 2.75) is 47.1 Å². The van der Waals surface area contributed by atoms with Crippen LogP contribution < -0.4 is 4.57 Å². The maximum Gasteiger partial charge on any atom is 0.243 e. The first-order chi connectivity index (χ1) is 6.80. The van der Waals surface area contributed by atoms with Crippen molar-refractivity contribution in [2.24, 2.45) is 18.4 Å². The molecule has 0 aliphatic rings. The summed E-state index contributed by atoms with van der Waals surface area (Å²) in [5, 5.41) is 0. The fraction of sp³-hybridized carbons (Fsp3) is 0.769. The van der Waals surface area contributed by atoms with E-state index in [-0.39, 0.29) is 0 Å². The molecule has 2 heteroatoms. The zero-order valence-electron chi connectivity index (χ0n) is 11.0. The lowest BCUT2D eigenvalue weighted by molar-refractivity contribution is -0.671. The number of hydrogen-bond donors (Lipinski definition) is 0. The molecule has 2 nitrogen and oxygen atoms in total. The van der Waals surface area contributed by atoms with Gasteiger partial charge in [-0.2, -0.15) is 0 Å². The zero-order chi connectivity index (χ0) is 11.6. The molecule has 0 aromatic carbocycles. The van der Waals surface area contributed by atoms with E-state index in [2.05, 4.69) is 69.5 Å². The summed E-state index contributed by atoms with van der Waals surface area (Å²) >= 11 is 0. The summed E-state index contributed by atoms with van der Waals surface area (Å²) in [6.07, 6.45) is 7.70. The first kappa shape index (κ1) is 12.3. The van der Waals surface area contributed by atoms with Crippen LogP contribution in [0.25, 0.3) is 0 Å². The van der Waals surface area contributed by atoms with Gasteiger partial charge in [0, 0.05) is 5.41 Å². The Kier molecular flexibility index (Phi) is 3.58. The van der Waals surface area contributed by atoms with E-state index >= 15 is 0 Å². The zero-order valence-corrected chi connectivity index (χ0v) is 11.0. The van der Waals surface area contributed by atoms with E-state index in [0.717, 1.165) is 5.92 Å². The molecule has 0 saturated heterocycles. The largest absolute Gasteiger partial charge is 0.243 e. The average Bonchev–Trinajstić information content (AvgIpc) is 2.45. The first-order valence-electron chi connectivity index (χ1n) is 5.83. The van der Waals surface area contributed by atoms with Crippen LogP contribution in [0.4, 0.5) is 0 Å². The molecular weight excluding hydrogens is 184 g/mol. The van der Waals surface area contributed by atoms with Crippen LogP contribution in [0.5, 0.6) is 0 Å². The van der Waals surface area contributed by atoms with Crippen LogP contribution in [0.2, 0.25) is 0 Å². The smallest absolute Gasteiger partial charge is 0.240 e. The van der Waals surface area contributed by atoms with E-state index in [0.29, 0.717) is 11.5 Å². The van der Waals surface area contributed by atoms with Gasteiger partial charge in [0.25, 0.3) is 0 Å². The van der Waals surface area contributed by atoms with Gasteiger partial charge in [0.05, 0.1) is 7.05 Å². The monoisotopic (exact) mass is 209 g/mol. The van der Waals surface area contributed by atoms with E-state index in [1.165, 1.54) is 6.42 Å². The Hall–Kier alpha value is -0.790. The molecule has 0 radical (unpaired) electrons. The van der Waals surface area contributed by atoms with Crippen molar-refractivity contribution in [2.75, 3.05) is 0 Å². The molecule has 1 aromatic heterocycles. The molecular formula is C13H25N2+. The minimum absolute atomic E-state index is 0.316. The van der Waals surface area contributed by atoms with Gasteiger partial charge in [-0.25, -0.2) is 9.13 Å². The van der Waals surface area contributed by atoms with Gasteiger partial charge in [-0.3, -0.25) is 0 Å². The molecule has 0 saturated carbocycles. The van der Waals surface area contributed by atoms with Gasteiger partial charge in [0.1, 0.15) is 18.4 Å². The number of rotatable bonds is 3. The summed E-state index contributed by atoms with van der Waals surface area (Å²) in [5.74, 6) is 0.738. The van der Waals surface area contributed by atoms with E-state index < -0.39 is 0 Å². The normalized spacial score (nSPS) is 14.6. The molecule has 1 rings (SSSR count). The maximum atomic E-state index is 2.35. The third-order valence-electron chi connectivity index (χ3n) is 2.84. The van der Waals surface area contributed by atoms with Gasteiger partial charge in [0.2, 0.25) is 6.33 Å². The highest BCUT2D eigenvalue weighted by atomic mass is 15.1. The van der Waals surface area contributed by atoms with Crippen LogP contribution in [0.15, 0.2) is 18.7 Å². The quantitative estimate of drug-likeness (QED) is 0.677. The van der Waals surface area contributed by atoms with E-state index in [9.17, 15) is 0 Å². The first-order valence-corrected chi connectivity index (χ1v) is 5.83. The van der Waals surface area contributed by atoms with E-state index in [1.54, 1.807) is 0 Å². The lowest BCUT2D eigenvalue weighted by atomic mass is 9.82. The van der Waals surface area contributed by atoms with Crippen molar-refractivity contribution in [3.63, 3.8) is 0 Å². The van der Waals surface area contributed by atoms with Gasteiger partial charge < -0.3 is 0 Å². The van der Waals surface area contributed by atoms with Crippen molar-refractivity contribution in [1.82, 2.24) is 4.57 Å². The van der Waals surface area contributed by atoms with Crippen LogP contribution in [-0.4, -0.2) is 4.57 Å². The Morgan fingerprint density at radius 3 is 2.20 bits per heavy atom. The molecule has 0 spiro atoms. The second kappa shape index (κ2) is 4.38. The number of aryl methyl sites for hydroxylation is 1. The van der Waals surface area contributed by atoms with Crippen molar-refractivity contribution in [1.29, 1.82) is 0 Å². The lowest BCUT2D eigenvalue weighted by Crippen LogP contribution is -2.28. The summed E-state index contributed by atoms with van der Waals surface area (Å²) in [4.78, 5) is 0. The summed E-state index contributed by atoms with van der Waals surface area (Å²) in [7, 11) is 2.07. The fourth-order valence-electron chi connectivity index (χ4n) is 2.02. The topological polar surface area (TPSA) is 8.81 Å². The second-order valence-corrected chi connectivity index (χ2v) is 6.04. The highest BCUT2D eigenvalue weighted by molar-refractivity contribution is 4.84. The Morgan fingerprint density at radius 2 is 1.87 bits per heavy atom. The van der Waals surface area contributed by atoms with Gasteiger partial charge in [-0.15, -0.1) is 0 Å². The Labute approximate surface area is 93.9 Å². The molecule has 0 aliphatic heterocycles. The van der Waals surface area contributed by atoms with Crippen molar-refractivity contribution < 1.29 is 4.57 Å². The van der Waals surface area contributed by atoms with Gasteiger partial charge in [-0.05, 0) is 12.3 Å². The summed E-state index contributed by atoms with van der Waals surface area (Å²) in [6, 6.07) is 0.582. The summed E-state index contributed by atoms with van der Waals surface area (Å²) < 4.78 is 4.46. The number of aromatic nitrogens is 2. The van der Waals surface area contributed by atoms with Gasteiger partial charge in [0.15, 0.2) is 0 Å². The molecule has 86 valence electrons. The van der Waals surface area contributed by atoms with Crippen molar-refractivity contribution in [3.8, 4) is 0 Å². The minimum atomic E-state index is 0.316. The molecule has 0 bridgehead atoms. The number of nitrogens with zero attached hydrogens (tertiary/aromatic N) is 2. The Morgan fingerprint density at radius 1 is 1.27 bits per heavy atom. The Bertz CT molecular complexity index is 305. The molecule has 0 amide bonds. The highest BCUT2D eigenvalue weighted by Crippen LogP contribution is 2.35. The van der Waals surface area contributed by atoms with Crippen LogP contribution in [0, 0.1) is 11.3 Å². The van der Waals surface area contributed by atoms with Gasteiger partial charge >= 0.3 is 0 Å². The predicted octanol–water partition coefficient (Wildman–Crippen LogP) is 2.95. The van der Waals surface area contributed by atoms with Crippen LogP contribution >= 0.6 is 0 Å². The molecule has 1 unspecified atom stereocenters. The predicted molar refractivity (Wildman–Crippen MR) is 63.6 cm³/mol. The van der Waals surface area contributed by atoms with Crippen LogP contribution in [0.3, 0.4) is 0 Å². The molecule has 0 fully saturated rings. The van der Waals surface area contributed by atoms with E-state index in [4.69, 9.17) is 0 Å². The average molecular weight is 209 g/mol. The molecule has 15 heavy (non-hydrogen) atoms. The Balaban J connectivity index is 2.91. The third-order valence-corrected chi connectivity index (χ3v) is 2.84. The molecule has 0 aliphatic carbocycles. The molecule has 1 aromatic rings. The third kappa shape index (κ3) is 3.37. The van der Waals surface area contributed by atoms with Crippen molar-refractivity contribution in [3.05, 3.63) is 18.7 Å². The SMILES string of the molecule is CC(C)CC(n1cc[n+](C)c1)C(C)(C)C. The summed E-state index contributed by atoms with van der Waals surface area (Å²) in [5.41, 5.74) is 0.316.